The molecule has 14 nitrogen and oxygen atoms in total. The molecule has 4 rings (SSSR count). The number of nitrogens with one attached hydrogen (secondary N) is 1. The Morgan fingerprint density at radius 3 is 2.41 bits per heavy atom. The Bertz CT molecular complexity index is 1290. The number of aromatic nitrogens is 7. The van der Waals surface area contributed by atoms with Gasteiger partial charge in [0.05, 0.1) is 38.9 Å². The van der Waals surface area contributed by atoms with Crippen molar-refractivity contribution < 1.29 is 27.4 Å². The number of methoxy groups -OCH3 is 3. The molecule has 0 amide bonds. The third-order valence-electron chi connectivity index (χ3n) is 5.91. The molecular weight excluding hydrogens is 528 g/mol. The van der Waals surface area contributed by atoms with Crippen LogP contribution in [-0.2, 0) is 19.5 Å². The topological polar surface area (TPSA) is 165 Å². The average Bonchev–Trinajstić information content (AvgIpc) is 3.32. The third kappa shape index (κ3) is 5.58. The largest absolute Gasteiger partial charge is 0.479 e. The van der Waals surface area contributed by atoms with Gasteiger partial charge in [0, 0.05) is 19.6 Å². The molecule has 3 aromatic rings. The van der Waals surface area contributed by atoms with Gasteiger partial charge in [-0.25, -0.2) is 13.4 Å². The van der Waals surface area contributed by atoms with Crippen molar-refractivity contribution in [1.29, 1.82) is 0 Å². The summed E-state index contributed by atoms with van der Waals surface area (Å²) in [5, 5.41) is 7.54. The fourth-order valence-corrected chi connectivity index (χ4v) is 5.28. The Morgan fingerprint density at radius 2 is 1.84 bits per heavy atom. The number of nitrogens with zero attached hydrogens (tertiary/aromatic N) is 7. The third-order valence-corrected chi connectivity index (χ3v) is 7.80. The summed E-state index contributed by atoms with van der Waals surface area (Å²) in [5.41, 5.74) is 0.543. The molecule has 1 aliphatic rings. The minimum absolute atomic E-state index is 0.101. The summed E-state index contributed by atoms with van der Waals surface area (Å²) in [4.78, 5) is 16.5. The van der Waals surface area contributed by atoms with Crippen LogP contribution in [0.15, 0.2) is 18.7 Å². The first-order valence-electron chi connectivity index (χ1n) is 11.3. The van der Waals surface area contributed by atoms with Gasteiger partial charge >= 0.3 is 0 Å². The number of sulfonamides is 1. The fourth-order valence-electron chi connectivity index (χ4n) is 4.03. The Morgan fingerprint density at radius 1 is 1.11 bits per heavy atom. The Hall–Kier alpha value is -3.14. The van der Waals surface area contributed by atoms with Gasteiger partial charge in [0.15, 0.2) is 5.69 Å². The van der Waals surface area contributed by atoms with Crippen LogP contribution in [-0.4, -0.2) is 82.9 Å². The summed E-state index contributed by atoms with van der Waals surface area (Å²) in [6.07, 6.45) is 4.58. The molecule has 16 heteroatoms. The second-order valence-corrected chi connectivity index (χ2v) is 10.6. The van der Waals surface area contributed by atoms with E-state index in [1.54, 1.807) is 0 Å². The molecular formula is C21H27ClN8O6S. The molecule has 0 aromatic carbocycles. The van der Waals surface area contributed by atoms with Crippen LogP contribution in [0, 0.1) is 0 Å². The summed E-state index contributed by atoms with van der Waals surface area (Å²) < 4.78 is 53.1. The Kier molecular flexibility index (Phi) is 8.36. The van der Waals surface area contributed by atoms with E-state index >= 15 is 0 Å². The maximum Gasteiger partial charge on any atom is 0.245 e. The summed E-state index contributed by atoms with van der Waals surface area (Å²) >= 11 is 5.83. The van der Waals surface area contributed by atoms with Crippen LogP contribution in [0.25, 0.3) is 5.69 Å². The summed E-state index contributed by atoms with van der Waals surface area (Å²) in [5.74, 6) is 0.468. The number of halogens is 1. The average molecular weight is 555 g/mol. The van der Waals surface area contributed by atoms with Crippen molar-refractivity contribution in [3.05, 3.63) is 35.4 Å². The molecule has 1 saturated heterocycles. The molecule has 4 heterocycles. The van der Waals surface area contributed by atoms with Crippen molar-refractivity contribution in [3.8, 4) is 17.4 Å². The Labute approximate surface area is 218 Å². The van der Waals surface area contributed by atoms with Crippen molar-refractivity contribution in [1.82, 2.24) is 34.7 Å². The van der Waals surface area contributed by atoms with Crippen LogP contribution in [0.1, 0.15) is 43.3 Å². The van der Waals surface area contributed by atoms with E-state index in [-0.39, 0.29) is 34.5 Å². The highest BCUT2D eigenvalue weighted by atomic mass is 35.5. The van der Waals surface area contributed by atoms with Gasteiger partial charge in [0.25, 0.3) is 0 Å². The molecule has 1 fully saturated rings. The zero-order chi connectivity index (χ0) is 26.6. The van der Waals surface area contributed by atoms with Crippen molar-refractivity contribution in [3.63, 3.8) is 0 Å². The number of rotatable bonds is 10. The van der Waals surface area contributed by atoms with Gasteiger partial charge < -0.3 is 18.9 Å². The van der Waals surface area contributed by atoms with Gasteiger partial charge in [-0.05, 0) is 19.8 Å². The second-order valence-electron chi connectivity index (χ2n) is 8.14. The molecule has 37 heavy (non-hydrogen) atoms. The van der Waals surface area contributed by atoms with Crippen LogP contribution in [0.3, 0.4) is 0 Å². The highest BCUT2D eigenvalue weighted by molar-refractivity contribution is 7.93. The summed E-state index contributed by atoms with van der Waals surface area (Å²) in [6, 6.07) is 0. The van der Waals surface area contributed by atoms with Gasteiger partial charge in [-0.3, -0.25) is 14.3 Å². The van der Waals surface area contributed by atoms with E-state index in [0.717, 1.165) is 12.8 Å². The molecule has 3 aromatic heterocycles. The van der Waals surface area contributed by atoms with Crippen molar-refractivity contribution in [2.24, 2.45) is 0 Å². The highest BCUT2D eigenvalue weighted by Gasteiger charge is 2.35. The first-order chi connectivity index (χ1) is 17.8. The normalized spacial score (nSPS) is 17.7. The zero-order valence-electron chi connectivity index (χ0n) is 20.7. The van der Waals surface area contributed by atoms with Crippen molar-refractivity contribution in [2.75, 3.05) is 39.3 Å². The van der Waals surface area contributed by atoms with Crippen LogP contribution in [0.4, 0.5) is 5.95 Å². The molecule has 0 aliphatic carbocycles. The highest BCUT2D eigenvalue weighted by Crippen LogP contribution is 2.36. The number of hydrogen-bond donors (Lipinski definition) is 1. The zero-order valence-corrected chi connectivity index (χ0v) is 22.2. The van der Waals surface area contributed by atoms with Gasteiger partial charge in [-0.1, -0.05) is 11.6 Å². The van der Waals surface area contributed by atoms with Crippen molar-refractivity contribution in [2.45, 2.75) is 37.0 Å². The maximum absolute atomic E-state index is 13.6. The monoisotopic (exact) mass is 554 g/mol. The first kappa shape index (κ1) is 26.9. The molecule has 200 valence electrons. The standard InChI is InChI=1S/C21H27ClN8O6S/c1-12(17(33-2)14-8-24-15(22)9-23-14)37(31,32)29-21-28-27-18(13-6-5-7-36-10-13)30(21)16-19(34-3)25-11-26-20(16)35-4/h8-9,11-13,17H,5-7,10H2,1-4H3,(H,28,29)/t12-,13-,17-/m0/s1. The maximum atomic E-state index is 13.6. The number of anilines is 1. The predicted molar refractivity (Wildman–Crippen MR) is 132 cm³/mol. The predicted octanol–water partition coefficient (Wildman–Crippen LogP) is 1.93. The second kappa shape index (κ2) is 11.5. The van der Waals surface area contributed by atoms with Crippen LogP contribution >= 0.6 is 11.6 Å². The van der Waals surface area contributed by atoms with Gasteiger partial charge in [0.2, 0.25) is 27.7 Å². The minimum atomic E-state index is -4.12. The molecule has 3 atom stereocenters. The van der Waals surface area contributed by atoms with Crippen LogP contribution in [0.2, 0.25) is 5.15 Å². The smallest absolute Gasteiger partial charge is 0.245 e. The summed E-state index contributed by atoms with van der Waals surface area (Å²) in [6.45, 7) is 2.51. The molecule has 0 spiro atoms. The summed E-state index contributed by atoms with van der Waals surface area (Å²) in [7, 11) is 0.124. The van der Waals surface area contributed by atoms with E-state index in [4.69, 9.17) is 30.5 Å². The lowest BCUT2D eigenvalue weighted by molar-refractivity contribution is 0.0775. The van der Waals surface area contributed by atoms with E-state index in [1.165, 1.54) is 51.5 Å². The number of hydrogen-bond acceptors (Lipinski definition) is 12. The first-order valence-corrected chi connectivity index (χ1v) is 13.2. The lowest BCUT2D eigenvalue weighted by atomic mass is 10.0. The van der Waals surface area contributed by atoms with Crippen molar-refractivity contribution >= 4 is 27.6 Å². The number of ether oxygens (including phenoxy) is 4. The van der Waals surface area contributed by atoms with Crippen LogP contribution in [0.5, 0.6) is 11.8 Å². The molecule has 1 aliphatic heterocycles. The lowest BCUT2D eigenvalue weighted by Crippen LogP contribution is -2.33. The van der Waals surface area contributed by atoms with Gasteiger partial charge in [-0.15, -0.1) is 10.2 Å². The quantitative estimate of drug-likeness (QED) is 0.387. The molecule has 0 saturated carbocycles. The minimum Gasteiger partial charge on any atom is -0.479 e. The molecule has 0 unspecified atom stereocenters. The fraction of sp³-hybridized carbons (Fsp3) is 0.524. The SMILES string of the molecule is COc1ncnc(OC)c1-n1c(NS(=O)(=O)[C@@H](C)[C@H](OC)c2cnc(Cl)cn2)nnc1[C@H]1CCCOC1. The van der Waals surface area contributed by atoms with E-state index in [1.807, 2.05) is 0 Å². The lowest BCUT2D eigenvalue weighted by Gasteiger charge is -2.24. The molecule has 0 bridgehead atoms. The molecule has 0 radical (unpaired) electrons. The van der Waals surface area contributed by atoms with Gasteiger partial charge in [0.1, 0.15) is 28.7 Å². The van der Waals surface area contributed by atoms with Crippen LogP contribution < -0.4 is 14.2 Å². The van der Waals surface area contributed by atoms with Gasteiger partial charge in [-0.2, -0.15) is 9.97 Å². The molecule has 1 N–H and O–H groups in total. The Balaban J connectivity index is 1.78. The van der Waals surface area contributed by atoms with E-state index in [0.29, 0.717) is 24.7 Å². The van der Waals surface area contributed by atoms with E-state index < -0.39 is 21.4 Å². The van der Waals surface area contributed by atoms with E-state index in [2.05, 4.69) is 34.9 Å². The van der Waals surface area contributed by atoms with E-state index in [9.17, 15) is 8.42 Å².